The molecule has 0 N–H and O–H groups in total. The van der Waals surface area contributed by atoms with Crippen LogP contribution in [0.5, 0.6) is 0 Å². The van der Waals surface area contributed by atoms with Crippen molar-refractivity contribution in [3.63, 3.8) is 0 Å². The summed E-state index contributed by atoms with van der Waals surface area (Å²) in [6, 6.07) is 10.2. The molecule has 0 saturated heterocycles. The fourth-order valence-electron chi connectivity index (χ4n) is 1.44. The van der Waals surface area contributed by atoms with Crippen molar-refractivity contribution in [1.82, 2.24) is 14.3 Å². The van der Waals surface area contributed by atoms with Gasteiger partial charge >= 0.3 is 0 Å². The number of thiazole rings is 1. The number of hydrogen-bond donors (Lipinski definition) is 0. The van der Waals surface area contributed by atoms with Gasteiger partial charge in [0.25, 0.3) is 0 Å². The van der Waals surface area contributed by atoms with Crippen molar-refractivity contribution in [2.45, 2.75) is 15.6 Å². The molecule has 0 aliphatic heterocycles. The fraction of sp³-hybridized carbons (Fsp3) is 0.0833. The van der Waals surface area contributed by atoms with Crippen LogP contribution in [0.4, 0.5) is 0 Å². The molecule has 1 aromatic carbocycles. The summed E-state index contributed by atoms with van der Waals surface area (Å²) in [5, 5.41) is 2.07. The Labute approximate surface area is 117 Å². The molecule has 0 bridgehead atoms. The molecule has 2 heterocycles. The lowest BCUT2D eigenvalue weighted by Gasteiger charge is -1.93. The monoisotopic (exact) mass is 291 g/mol. The highest BCUT2D eigenvalue weighted by molar-refractivity contribution is 8.02. The largest absolute Gasteiger partial charge is 0.229 e. The maximum absolute atomic E-state index is 4.61. The van der Waals surface area contributed by atoms with Crippen LogP contribution in [-0.4, -0.2) is 14.3 Å². The van der Waals surface area contributed by atoms with E-state index in [1.165, 1.54) is 11.5 Å². The van der Waals surface area contributed by atoms with Crippen molar-refractivity contribution < 1.29 is 0 Å². The highest BCUT2D eigenvalue weighted by Gasteiger charge is 2.08. The first-order valence-corrected chi connectivity index (χ1v) is 7.77. The third-order valence-corrected chi connectivity index (χ3v) is 5.02. The van der Waals surface area contributed by atoms with E-state index in [9.17, 15) is 0 Å². The van der Waals surface area contributed by atoms with Crippen molar-refractivity contribution in [2.24, 2.45) is 0 Å². The molecule has 0 aliphatic rings. The van der Waals surface area contributed by atoms with Crippen LogP contribution in [0, 0.1) is 6.92 Å². The molecule has 0 spiro atoms. The molecule has 0 fully saturated rings. The van der Waals surface area contributed by atoms with Crippen LogP contribution in [0.15, 0.2) is 44.4 Å². The van der Waals surface area contributed by atoms with Crippen LogP contribution in [0.2, 0.25) is 0 Å². The molecule has 2 aromatic heterocycles. The number of nitrogens with zero attached hydrogens (tertiary/aromatic N) is 3. The van der Waals surface area contributed by atoms with E-state index in [1.807, 2.05) is 25.1 Å². The maximum Gasteiger partial charge on any atom is 0.177 e. The van der Waals surface area contributed by atoms with Crippen LogP contribution >= 0.6 is 34.6 Å². The van der Waals surface area contributed by atoms with Crippen molar-refractivity contribution in [1.29, 1.82) is 0 Å². The van der Waals surface area contributed by atoms with E-state index >= 15 is 0 Å². The molecule has 0 aliphatic carbocycles. The lowest BCUT2D eigenvalue weighted by molar-refractivity contribution is 1.10. The van der Waals surface area contributed by atoms with Gasteiger partial charge in [-0.05, 0) is 30.2 Å². The van der Waals surface area contributed by atoms with Gasteiger partial charge in [0.15, 0.2) is 8.68 Å². The highest BCUT2D eigenvalue weighted by atomic mass is 32.2. The molecular formula is C12H9N3S3. The molecule has 0 amide bonds. The topological polar surface area (TPSA) is 38.7 Å². The minimum absolute atomic E-state index is 0.822. The number of aromatic nitrogens is 3. The Hall–Kier alpha value is -1.24. The predicted molar refractivity (Wildman–Crippen MR) is 76.3 cm³/mol. The SMILES string of the molecule is Cc1nsc(Sc2nc(-c3ccccc3)cs2)n1. The van der Waals surface area contributed by atoms with Gasteiger partial charge in [-0.2, -0.15) is 4.37 Å². The van der Waals surface area contributed by atoms with E-state index in [1.54, 1.807) is 23.1 Å². The molecule has 3 rings (SSSR count). The molecule has 0 saturated carbocycles. The Kier molecular flexibility index (Phi) is 3.40. The van der Waals surface area contributed by atoms with Crippen LogP contribution in [0.3, 0.4) is 0 Å². The van der Waals surface area contributed by atoms with Gasteiger partial charge in [-0.15, -0.1) is 11.3 Å². The first-order chi connectivity index (χ1) is 8.81. The smallest absolute Gasteiger partial charge is 0.177 e. The van der Waals surface area contributed by atoms with Crippen molar-refractivity contribution in [3.8, 4) is 11.3 Å². The van der Waals surface area contributed by atoms with Gasteiger partial charge in [0.1, 0.15) is 5.82 Å². The van der Waals surface area contributed by atoms with Crippen LogP contribution in [0.25, 0.3) is 11.3 Å². The molecule has 18 heavy (non-hydrogen) atoms. The second-order valence-electron chi connectivity index (χ2n) is 3.57. The lowest BCUT2D eigenvalue weighted by Crippen LogP contribution is -1.77. The Balaban J connectivity index is 1.82. The third-order valence-electron chi connectivity index (χ3n) is 2.24. The summed E-state index contributed by atoms with van der Waals surface area (Å²) in [6.07, 6.45) is 0. The van der Waals surface area contributed by atoms with E-state index in [0.717, 1.165) is 25.8 Å². The Morgan fingerprint density at radius 2 is 1.89 bits per heavy atom. The second kappa shape index (κ2) is 5.17. The van der Waals surface area contributed by atoms with Crippen LogP contribution in [-0.2, 0) is 0 Å². The summed E-state index contributed by atoms with van der Waals surface area (Å²) in [7, 11) is 0. The fourth-order valence-corrected chi connectivity index (χ4v) is 4.12. The van der Waals surface area contributed by atoms with Crippen molar-refractivity contribution >= 4 is 34.6 Å². The maximum atomic E-state index is 4.61. The Bertz CT molecular complexity index is 645. The van der Waals surface area contributed by atoms with Gasteiger partial charge in [-0.25, -0.2) is 9.97 Å². The average Bonchev–Trinajstić information content (AvgIpc) is 3.01. The van der Waals surface area contributed by atoms with E-state index in [4.69, 9.17) is 0 Å². The quantitative estimate of drug-likeness (QED) is 0.727. The summed E-state index contributed by atoms with van der Waals surface area (Å²) in [5.74, 6) is 0.822. The number of aryl methyl sites for hydroxylation is 1. The van der Waals surface area contributed by atoms with Gasteiger partial charge in [-0.1, -0.05) is 30.3 Å². The van der Waals surface area contributed by atoms with E-state index in [2.05, 4.69) is 31.9 Å². The normalized spacial score (nSPS) is 10.7. The van der Waals surface area contributed by atoms with Gasteiger partial charge in [0.05, 0.1) is 5.69 Å². The van der Waals surface area contributed by atoms with E-state index in [-0.39, 0.29) is 0 Å². The van der Waals surface area contributed by atoms with Crippen LogP contribution in [0.1, 0.15) is 5.82 Å². The number of rotatable bonds is 3. The van der Waals surface area contributed by atoms with E-state index in [0.29, 0.717) is 0 Å². The number of benzene rings is 1. The molecular weight excluding hydrogens is 282 g/mol. The van der Waals surface area contributed by atoms with Crippen molar-refractivity contribution in [3.05, 3.63) is 41.5 Å². The summed E-state index contributed by atoms with van der Waals surface area (Å²) >= 11 is 4.63. The molecule has 0 radical (unpaired) electrons. The summed E-state index contributed by atoms with van der Waals surface area (Å²) in [5.41, 5.74) is 2.17. The molecule has 0 unspecified atom stereocenters. The zero-order valence-electron chi connectivity index (χ0n) is 9.53. The standard InChI is InChI=1S/C12H9N3S3/c1-8-13-12(18-15-8)17-11-14-10(7-16-11)9-5-3-2-4-6-9/h2-7H,1H3. The first kappa shape index (κ1) is 11.8. The summed E-state index contributed by atoms with van der Waals surface area (Å²) in [6.45, 7) is 1.90. The zero-order chi connectivity index (χ0) is 12.4. The summed E-state index contributed by atoms with van der Waals surface area (Å²) in [4.78, 5) is 8.93. The van der Waals surface area contributed by atoms with Gasteiger partial charge in [0.2, 0.25) is 0 Å². The van der Waals surface area contributed by atoms with Crippen LogP contribution < -0.4 is 0 Å². The van der Waals surface area contributed by atoms with Gasteiger partial charge in [0, 0.05) is 10.9 Å². The Morgan fingerprint density at radius 3 is 2.61 bits per heavy atom. The van der Waals surface area contributed by atoms with Crippen molar-refractivity contribution in [2.75, 3.05) is 0 Å². The van der Waals surface area contributed by atoms with E-state index < -0.39 is 0 Å². The average molecular weight is 291 g/mol. The second-order valence-corrected chi connectivity index (χ2v) is 6.68. The minimum Gasteiger partial charge on any atom is -0.229 e. The zero-order valence-corrected chi connectivity index (χ0v) is 12.0. The molecule has 3 aromatic rings. The van der Waals surface area contributed by atoms with Gasteiger partial charge < -0.3 is 0 Å². The molecule has 90 valence electrons. The minimum atomic E-state index is 0.822. The summed E-state index contributed by atoms with van der Waals surface area (Å²) < 4.78 is 6.11. The number of hydrogen-bond acceptors (Lipinski definition) is 6. The molecule has 3 nitrogen and oxygen atoms in total. The van der Waals surface area contributed by atoms with Gasteiger partial charge in [-0.3, -0.25) is 0 Å². The first-order valence-electron chi connectivity index (χ1n) is 5.30. The predicted octanol–water partition coefficient (Wildman–Crippen LogP) is 4.12. The lowest BCUT2D eigenvalue weighted by atomic mass is 10.2. The molecule has 6 heteroatoms. The third kappa shape index (κ3) is 2.60. The highest BCUT2D eigenvalue weighted by Crippen LogP contribution is 2.33. The Morgan fingerprint density at radius 1 is 1.06 bits per heavy atom. The molecule has 0 atom stereocenters.